The second-order valence-electron chi connectivity index (χ2n) is 10.1. The van der Waals surface area contributed by atoms with Gasteiger partial charge >= 0.3 is 0 Å². The summed E-state index contributed by atoms with van der Waals surface area (Å²) >= 11 is 0. The highest BCUT2D eigenvalue weighted by Crippen LogP contribution is 2.44. The lowest BCUT2D eigenvalue weighted by Gasteiger charge is -2.36. The summed E-state index contributed by atoms with van der Waals surface area (Å²) in [6.07, 6.45) is 47.6. The van der Waals surface area contributed by atoms with Crippen molar-refractivity contribution in [1.82, 2.24) is 0 Å². The molecule has 6 aliphatic carbocycles. The summed E-state index contributed by atoms with van der Waals surface area (Å²) in [6, 6.07) is 1.31. The van der Waals surface area contributed by atoms with Crippen molar-refractivity contribution in [2.75, 3.05) is 7.11 Å². The molecule has 0 amide bonds. The van der Waals surface area contributed by atoms with E-state index in [1.807, 2.05) is 7.11 Å². The Morgan fingerprint density at radius 3 is 0.972 bits per heavy atom. The Kier molecular flexibility index (Phi) is 7.71. The van der Waals surface area contributed by atoms with Gasteiger partial charge in [0.05, 0.1) is 0 Å². The standard InChI is InChI=1S/C17H20Si.C16H18OSi/c1-2-18(15-9-3-4-10-15,16-11-5-6-12-16)17-13-7-8-14-17;1-17-18(14-8-2-3-9-14,15-10-4-5-11-15)16-12-6-7-13-16/h3-9,11,13H,2,10,12,14H2,1H3;2-8,10,12H,9,11,13H2,1H3. The second-order valence-corrected chi connectivity index (χ2v) is 18.2. The van der Waals surface area contributed by atoms with Gasteiger partial charge in [-0.2, -0.15) is 0 Å². The zero-order chi connectivity index (χ0) is 24.8. The van der Waals surface area contributed by atoms with Crippen LogP contribution in [0.3, 0.4) is 0 Å². The molecule has 0 atom stereocenters. The molecule has 0 saturated heterocycles. The maximum absolute atomic E-state index is 6.20. The number of hydrogen-bond donors (Lipinski definition) is 0. The third kappa shape index (κ3) is 4.34. The van der Waals surface area contributed by atoms with Gasteiger partial charge < -0.3 is 4.43 Å². The zero-order valence-corrected chi connectivity index (χ0v) is 23.8. The van der Waals surface area contributed by atoms with Crippen molar-refractivity contribution in [2.24, 2.45) is 0 Å². The van der Waals surface area contributed by atoms with E-state index >= 15 is 0 Å². The van der Waals surface area contributed by atoms with E-state index < -0.39 is 16.4 Å². The molecule has 1 nitrogen and oxygen atoms in total. The predicted molar refractivity (Wildman–Crippen MR) is 160 cm³/mol. The van der Waals surface area contributed by atoms with Crippen molar-refractivity contribution in [3.05, 3.63) is 141 Å². The van der Waals surface area contributed by atoms with Crippen LogP contribution in [-0.2, 0) is 4.43 Å². The summed E-state index contributed by atoms with van der Waals surface area (Å²) in [5.74, 6) is 0. The lowest BCUT2D eigenvalue weighted by atomic mass is 10.4. The molecule has 0 saturated carbocycles. The number of hydrogen-bond acceptors (Lipinski definition) is 1. The molecule has 0 aliphatic heterocycles. The average molecular weight is 507 g/mol. The highest BCUT2D eigenvalue weighted by molar-refractivity contribution is 6.98. The molecule has 0 heterocycles. The molecule has 0 aromatic rings. The Hall–Kier alpha value is -2.73. The van der Waals surface area contributed by atoms with Gasteiger partial charge in [0.15, 0.2) is 0 Å². The molecule has 0 aromatic carbocycles. The average Bonchev–Trinajstić information content (AvgIpc) is 3.78. The summed E-state index contributed by atoms with van der Waals surface area (Å²) in [5, 5.41) is 9.64. The summed E-state index contributed by atoms with van der Waals surface area (Å²) in [4.78, 5) is 0. The van der Waals surface area contributed by atoms with E-state index in [0.29, 0.717) is 0 Å². The predicted octanol–water partition coefficient (Wildman–Crippen LogP) is 8.59. The van der Waals surface area contributed by atoms with E-state index in [-0.39, 0.29) is 0 Å². The SMILES string of the molecule is CC[Si](C1=CC=CC1)(C1=CC=CC1)C1=CC=CC1.CO[Si](C1=CC=CC1)(C1=CC=CC1)C1=CC=CC1. The summed E-state index contributed by atoms with van der Waals surface area (Å²) < 4.78 is 6.20. The fourth-order valence-corrected chi connectivity index (χ4v) is 16.1. The van der Waals surface area contributed by atoms with E-state index in [1.54, 1.807) is 15.6 Å². The molecule has 6 aliphatic rings. The first-order chi connectivity index (χ1) is 17.8. The van der Waals surface area contributed by atoms with E-state index in [9.17, 15) is 0 Å². The van der Waals surface area contributed by atoms with Gasteiger partial charge in [-0.1, -0.05) is 132 Å². The molecule has 0 spiro atoms. The molecule has 0 unspecified atom stereocenters. The quantitative estimate of drug-likeness (QED) is 0.300. The largest absolute Gasteiger partial charge is 0.408 e. The van der Waals surface area contributed by atoms with Gasteiger partial charge in [0.2, 0.25) is 0 Å². The van der Waals surface area contributed by atoms with E-state index in [1.165, 1.54) is 40.9 Å². The third-order valence-electron chi connectivity index (χ3n) is 8.47. The van der Waals surface area contributed by atoms with Crippen LogP contribution < -0.4 is 0 Å². The lowest BCUT2D eigenvalue weighted by Crippen LogP contribution is -2.44. The molecule has 3 heteroatoms. The molecule has 0 radical (unpaired) electrons. The first-order valence-electron chi connectivity index (χ1n) is 13.5. The summed E-state index contributed by atoms with van der Waals surface area (Å²) in [5.41, 5.74) is 0. The minimum atomic E-state index is -2.07. The summed E-state index contributed by atoms with van der Waals surface area (Å²) in [7, 11) is -1.76. The monoisotopic (exact) mass is 506 g/mol. The van der Waals surface area contributed by atoms with Crippen LogP contribution in [0.5, 0.6) is 0 Å². The van der Waals surface area contributed by atoms with Crippen LogP contribution >= 0.6 is 0 Å². The first-order valence-corrected chi connectivity index (χ1v) is 17.6. The van der Waals surface area contributed by atoms with Gasteiger partial charge in [-0.25, -0.2) is 0 Å². The Balaban J connectivity index is 0.000000148. The van der Waals surface area contributed by atoms with Crippen molar-refractivity contribution >= 4 is 16.4 Å². The van der Waals surface area contributed by atoms with Crippen LogP contribution in [0, 0.1) is 0 Å². The topological polar surface area (TPSA) is 9.23 Å². The van der Waals surface area contributed by atoms with Crippen molar-refractivity contribution < 1.29 is 4.43 Å². The normalized spacial score (nSPS) is 21.5. The highest BCUT2D eigenvalue weighted by Gasteiger charge is 2.46. The van der Waals surface area contributed by atoms with E-state index in [2.05, 4.69) is 116 Å². The van der Waals surface area contributed by atoms with Gasteiger partial charge in [-0.3, -0.25) is 0 Å². The molecule has 36 heavy (non-hydrogen) atoms. The molecular formula is C33H38OSi2. The second kappa shape index (κ2) is 11.1. The van der Waals surface area contributed by atoms with Crippen LogP contribution in [0.15, 0.2) is 141 Å². The molecule has 6 rings (SSSR count). The van der Waals surface area contributed by atoms with Crippen LogP contribution in [0.4, 0.5) is 0 Å². The molecule has 0 bridgehead atoms. The maximum atomic E-state index is 6.20. The van der Waals surface area contributed by atoms with Crippen LogP contribution in [0.25, 0.3) is 0 Å². The third-order valence-corrected chi connectivity index (χ3v) is 18.4. The fraction of sp³-hybridized carbons (Fsp3) is 0.273. The number of rotatable bonds is 8. The van der Waals surface area contributed by atoms with Gasteiger partial charge in [-0.15, -0.1) is 0 Å². The van der Waals surface area contributed by atoms with Gasteiger partial charge in [0.1, 0.15) is 8.07 Å². The molecule has 0 aromatic heterocycles. The van der Waals surface area contributed by atoms with Crippen LogP contribution in [0.2, 0.25) is 6.04 Å². The first kappa shape index (κ1) is 24.9. The molecule has 0 N–H and O–H groups in total. The van der Waals surface area contributed by atoms with Crippen LogP contribution in [0.1, 0.15) is 45.4 Å². The Morgan fingerprint density at radius 2 is 0.778 bits per heavy atom. The van der Waals surface area contributed by atoms with E-state index in [4.69, 9.17) is 4.43 Å². The Bertz CT molecular complexity index is 1000. The van der Waals surface area contributed by atoms with Crippen LogP contribution in [-0.4, -0.2) is 23.5 Å². The summed E-state index contributed by atoms with van der Waals surface area (Å²) in [6.45, 7) is 2.39. The van der Waals surface area contributed by atoms with Crippen molar-refractivity contribution in [3.63, 3.8) is 0 Å². The van der Waals surface area contributed by atoms with Crippen molar-refractivity contribution in [1.29, 1.82) is 0 Å². The minimum absolute atomic E-state index is 1.05. The lowest BCUT2D eigenvalue weighted by molar-refractivity contribution is 0.413. The highest BCUT2D eigenvalue weighted by atomic mass is 28.4. The Morgan fingerprint density at radius 1 is 0.500 bits per heavy atom. The van der Waals surface area contributed by atoms with Gasteiger partial charge in [0, 0.05) is 7.11 Å². The number of allylic oxidation sites excluding steroid dienone is 24. The van der Waals surface area contributed by atoms with Gasteiger partial charge in [0.25, 0.3) is 8.32 Å². The minimum Gasteiger partial charge on any atom is -0.408 e. The zero-order valence-electron chi connectivity index (χ0n) is 21.8. The Labute approximate surface area is 219 Å². The fourth-order valence-electron chi connectivity index (χ4n) is 6.73. The van der Waals surface area contributed by atoms with Gasteiger partial charge in [-0.05, 0) is 60.2 Å². The molecule has 184 valence electrons. The molecular weight excluding hydrogens is 469 g/mol. The smallest absolute Gasteiger partial charge is 0.276 e. The van der Waals surface area contributed by atoms with E-state index in [0.717, 1.165) is 19.3 Å². The van der Waals surface area contributed by atoms with Crippen molar-refractivity contribution in [3.8, 4) is 0 Å². The van der Waals surface area contributed by atoms with Crippen molar-refractivity contribution in [2.45, 2.75) is 51.5 Å². The maximum Gasteiger partial charge on any atom is 0.276 e. The molecule has 0 fully saturated rings.